The maximum absolute atomic E-state index is 12.6. The molecule has 0 radical (unpaired) electrons. The number of nitro groups is 2. The largest absolute Gasteiger partial charge is 0.459 e. The number of nitrogens with zero attached hydrogens (tertiary/aromatic N) is 3. The van der Waals surface area contributed by atoms with Gasteiger partial charge in [-0.05, 0) is 36.0 Å². The lowest BCUT2D eigenvalue weighted by Crippen LogP contribution is -2.37. The Balaban J connectivity index is 1.68. The van der Waals surface area contributed by atoms with Crippen LogP contribution < -0.4 is 0 Å². The first-order valence-electron chi connectivity index (χ1n) is 9.85. The van der Waals surface area contributed by atoms with Gasteiger partial charge in [0.15, 0.2) is 12.4 Å². The lowest BCUT2D eigenvalue weighted by Gasteiger charge is -2.21. The van der Waals surface area contributed by atoms with Crippen molar-refractivity contribution in [2.75, 3.05) is 13.7 Å². The van der Waals surface area contributed by atoms with Crippen LogP contribution in [0.3, 0.4) is 0 Å². The minimum Gasteiger partial charge on any atom is -0.459 e. The normalized spacial score (nSPS) is 21.0. The molecule has 0 bridgehead atoms. The van der Waals surface area contributed by atoms with E-state index in [0.29, 0.717) is 0 Å². The number of methoxy groups -OCH3 is 1. The summed E-state index contributed by atoms with van der Waals surface area (Å²) in [5.74, 6) is -1.59. The smallest absolute Gasteiger partial charge is 0.338 e. The van der Waals surface area contributed by atoms with E-state index in [-0.39, 0.29) is 29.1 Å². The summed E-state index contributed by atoms with van der Waals surface area (Å²) in [6.07, 6.45) is -3.03. The van der Waals surface area contributed by atoms with Crippen LogP contribution in [0.1, 0.15) is 20.7 Å². The number of thioether (sulfide) groups is 1. The molecule has 0 saturated carbocycles. The molecule has 0 N–H and O–H groups in total. The number of nitro benzene ring substituents is 2. The third-order valence-corrected chi connectivity index (χ3v) is 5.89. The van der Waals surface area contributed by atoms with Gasteiger partial charge in [-0.2, -0.15) is 5.26 Å². The van der Waals surface area contributed by atoms with E-state index in [4.69, 9.17) is 18.9 Å². The molecule has 13 nitrogen and oxygen atoms in total. The minimum absolute atomic E-state index is 0.0409. The first kappa shape index (κ1) is 25.6. The maximum Gasteiger partial charge on any atom is 0.338 e. The van der Waals surface area contributed by atoms with E-state index in [1.54, 1.807) is 0 Å². The number of nitriles is 1. The number of rotatable bonds is 9. The van der Waals surface area contributed by atoms with Gasteiger partial charge in [0.1, 0.15) is 18.1 Å². The van der Waals surface area contributed by atoms with Crippen molar-refractivity contribution in [2.24, 2.45) is 0 Å². The Morgan fingerprint density at radius 2 is 1.51 bits per heavy atom. The highest BCUT2D eigenvalue weighted by atomic mass is 32.2. The standard InChI is InChI=1S/C21H17N3O10S/c1-31-21-17(34-20(26)13-4-8-15(9-5-13)24(29)30)18(35-11-22)16(33-21)10-32-19(25)12-2-6-14(7-3-12)23(27)28/h2-9,16-18,21H,10H2,1H3/t16-,17+,18+,21-/m0/s1. The molecule has 0 spiro atoms. The van der Waals surface area contributed by atoms with E-state index in [1.165, 1.54) is 31.4 Å². The Kier molecular flexibility index (Phi) is 8.31. The lowest BCUT2D eigenvalue weighted by atomic mass is 10.1. The molecule has 2 aromatic rings. The number of benzene rings is 2. The second kappa shape index (κ2) is 11.4. The zero-order chi connectivity index (χ0) is 25.5. The van der Waals surface area contributed by atoms with Crippen molar-refractivity contribution in [1.82, 2.24) is 0 Å². The lowest BCUT2D eigenvalue weighted by molar-refractivity contribution is -0.385. The molecule has 0 aromatic heterocycles. The van der Waals surface area contributed by atoms with Crippen LogP contribution in [0.2, 0.25) is 0 Å². The number of ether oxygens (including phenoxy) is 4. The fourth-order valence-corrected chi connectivity index (χ4v) is 3.95. The molecule has 2 aromatic carbocycles. The molecular weight excluding hydrogens is 486 g/mol. The van der Waals surface area contributed by atoms with E-state index >= 15 is 0 Å². The van der Waals surface area contributed by atoms with Gasteiger partial charge in [0.25, 0.3) is 11.4 Å². The minimum atomic E-state index is -1.08. The fraction of sp³-hybridized carbons (Fsp3) is 0.286. The highest BCUT2D eigenvalue weighted by Crippen LogP contribution is 2.34. The quantitative estimate of drug-likeness (QED) is 0.211. The Hall–Kier alpha value is -4.06. The highest BCUT2D eigenvalue weighted by Gasteiger charge is 2.48. The predicted molar refractivity (Wildman–Crippen MR) is 118 cm³/mol. The Bertz CT molecular complexity index is 1150. The van der Waals surface area contributed by atoms with Gasteiger partial charge >= 0.3 is 11.9 Å². The van der Waals surface area contributed by atoms with Crippen LogP contribution >= 0.6 is 11.8 Å². The molecular formula is C21H17N3O10S. The average Bonchev–Trinajstić information content (AvgIpc) is 3.18. The number of esters is 2. The summed E-state index contributed by atoms with van der Waals surface area (Å²) in [6, 6.07) is 9.56. The Labute approximate surface area is 201 Å². The first-order chi connectivity index (χ1) is 16.7. The van der Waals surface area contributed by atoms with Crippen LogP contribution in [0, 0.1) is 30.9 Å². The van der Waals surface area contributed by atoms with Gasteiger partial charge in [-0.25, -0.2) is 9.59 Å². The maximum atomic E-state index is 12.6. The summed E-state index contributed by atoms with van der Waals surface area (Å²) in [5.41, 5.74) is -0.276. The molecule has 1 fully saturated rings. The fourth-order valence-electron chi connectivity index (χ4n) is 3.22. The van der Waals surface area contributed by atoms with Crippen molar-refractivity contribution >= 4 is 35.1 Å². The van der Waals surface area contributed by atoms with Gasteiger partial charge < -0.3 is 18.9 Å². The summed E-state index contributed by atoms with van der Waals surface area (Å²) in [7, 11) is 1.30. The summed E-state index contributed by atoms with van der Waals surface area (Å²) < 4.78 is 21.6. The first-order valence-corrected chi connectivity index (χ1v) is 10.7. The van der Waals surface area contributed by atoms with Crippen LogP contribution in [0.25, 0.3) is 0 Å². The molecule has 1 aliphatic heterocycles. The van der Waals surface area contributed by atoms with E-state index in [2.05, 4.69) is 0 Å². The number of hydrogen-bond acceptors (Lipinski definition) is 12. The Morgan fingerprint density at radius 3 is 1.97 bits per heavy atom. The van der Waals surface area contributed by atoms with E-state index in [1.807, 2.05) is 5.40 Å². The van der Waals surface area contributed by atoms with Crippen molar-refractivity contribution < 1.29 is 38.4 Å². The molecule has 1 heterocycles. The molecule has 4 atom stereocenters. The van der Waals surface area contributed by atoms with Crippen molar-refractivity contribution in [2.45, 2.75) is 23.7 Å². The third kappa shape index (κ3) is 6.09. The molecule has 0 aliphatic carbocycles. The van der Waals surface area contributed by atoms with E-state index in [0.717, 1.165) is 36.0 Å². The zero-order valence-corrected chi connectivity index (χ0v) is 18.8. The van der Waals surface area contributed by atoms with E-state index in [9.17, 15) is 35.1 Å². The topological polar surface area (TPSA) is 181 Å². The molecule has 1 saturated heterocycles. The molecule has 14 heteroatoms. The second-order valence-corrected chi connectivity index (χ2v) is 7.99. The molecule has 0 amide bonds. The van der Waals surface area contributed by atoms with Gasteiger partial charge in [-0.15, -0.1) is 0 Å². The van der Waals surface area contributed by atoms with Gasteiger partial charge in [-0.1, -0.05) is 0 Å². The number of carbonyl (C=O) groups is 2. The monoisotopic (exact) mass is 503 g/mol. The van der Waals surface area contributed by atoms with Crippen molar-refractivity contribution in [3.05, 3.63) is 79.9 Å². The molecule has 182 valence electrons. The second-order valence-electron chi connectivity index (χ2n) is 7.03. The SMILES string of the molecule is CO[C@H]1O[C@@H](COC(=O)c2ccc([N+](=O)[O-])cc2)[C@@H](SC#N)[C@H]1OC(=O)c1ccc([N+](=O)[O-])cc1. The third-order valence-electron chi connectivity index (χ3n) is 4.94. The summed E-state index contributed by atoms with van der Waals surface area (Å²) in [5, 5.41) is 31.9. The molecule has 1 aliphatic rings. The highest BCUT2D eigenvalue weighted by molar-refractivity contribution is 8.04. The van der Waals surface area contributed by atoms with Crippen LogP contribution in [-0.2, 0) is 18.9 Å². The molecule has 0 unspecified atom stereocenters. The zero-order valence-electron chi connectivity index (χ0n) is 18.0. The van der Waals surface area contributed by atoms with Gasteiger partial charge in [-0.3, -0.25) is 20.2 Å². The summed E-state index contributed by atoms with van der Waals surface area (Å²) in [4.78, 5) is 45.3. The van der Waals surface area contributed by atoms with Crippen molar-refractivity contribution in [3.63, 3.8) is 0 Å². The predicted octanol–water partition coefficient (Wildman–Crippen LogP) is 2.84. The van der Waals surface area contributed by atoms with Crippen LogP contribution in [0.5, 0.6) is 0 Å². The van der Waals surface area contributed by atoms with Gasteiger partial charge in [0.05, 0.1) is 26.2 Å². The number of non-ortho nitro benzene ring substituents is 2. The van der Waals surface area contributed by atoms with Crippen LogP contribution in [0.15, 0.2) is 48.5 Å². The average molecular weight is 503 g/mol. The molecule has 35 heavy (non-hydrogen) atoms. The van der Waals surface area contributed by atoms with E-state index < -0.39 is 45.5 Å². The van der Waals surface area contributed by atoms with Crippen molar-refractivity contribution in [1.29, 1.82) is 5.26 Å². The number of carbonyl (C=O) groups excluding carboxylic acids is 2. The van der Waals surface area contributed by atoms with Gasteiger partial charge in [0.2, 0.25) is 0 Å². The van der Waals surface area contributed by atoms with Crippen LogP contribution in [0.4, 0.5) is 11.4 Å². The number of thiocyanates is 1. The van der Waals surface area contributed by atoms with Crippen molar-refractivity contribution in [3.8, 4) is 5.40 Å². The van der Waals surface area contributed by atoms with Gasteiger partial charge in [0, 0.05) is 31.4 Å². The molecule has 3 rings (SSSR count). The Morgan fingerprint density at radius 1 is 1.00 bits per heavy atom. The summed E-state index contributed by atoms with van der Waals surface area (Å²) >= 11 is 0.738. The summed E-state index contributed by atoms with van der Waals surface area (Å²) in [6.45, 7) is -0.319. The van der Waals surface area contributed by atoms with Crippen LogP contribution in [-0.4, -0.2) is 59.2 Å². The number of hydrogen-bond donors (Lipinski definition) is 0.